The summed E-state index contributed by atoms with van der Waals surface area (Å²) in [5, 5.41) is 13.5. The molecule has 1 aliphatic carbocycles. The maximum absolute atomic E-state index is 13.0. The van der Waals surface area contributed by atoms with Crippen molar-refractivity contribution in [3.05, 3.63) is 102 Å². The molecular weight excluding hydrogens is 556 g/mol. The molecule has 3 aromatic rings. The molecular formula is C35H36N4O5. The van der Waals surface area contributed by atoms with E-state index in [0.29, 0.717) is 24.3 Å². The van der Waals surface area contributed by atoms with Crippen LogP contribution in [0.2, 0.25) is 0 Å². The van der Waals surface area contributed by atoms with Crippen LogP contribution in [0.15, 0.2) is 79.4 Å². The normalized spacial score (nSPS) is 21.2. The molecule has 0 aromatic heterocycles. The van der Waals surface area contributed by atoms with Gasteiger partial charge in [-0.05, 0) is 71.7 Å². The third kappa shape index (κ3) is 5.82. The molecule has 2 heterocycles. The molecule has 0 bridgehead atoms. The molecule has 9 nitrogen and oxygen atoms in total. The molecule has 0 spiro atoms. The summed E-state index contributed by atoms with van der Waals surface area (Å²) in [5.74, 6) is 0.605. The average molecular weight is 593 g/mol. The van der Waals surface area contributed by atoms with Gasteiger partial charge in [0.25, 0.3) is 5.91 Å². The number of rotatable bonds is 9. The van der Waals surface area contributed by atoms with Crippen LogP contribution in [0, 0.1) is 5.41 Å². The van der Waals surface area contributed by atoms with Crippen molar-refractivity contribution in [3.8, 4) is 11.5 Å². The number of fused-ring (bicyclic) bond motifs is 1. The molecule has 2 fully saturated rings. The average Bonchev–Trinajstić information content (AvgIpc) is 3.31. The molecule has 226 valence electrons. The SMILES string of the molecule is C=CC(=N)Oc1ccc(C(C)(C)c2ccc(OC3CC(Nc4ccc5c(c4)CN(C4CCC(=O)NC4=O)C5=O)C3)cc2)cc1. The fourth-order valence-corrected chi connectivity index (χ4v) is 6.10. The lowest BCUT2D eigenvalue weighted by Gasteiger charge is -2.36. The van der Waals surface area contributed by atoms with E-state index in [9.17, 15) is 14.4 Å². The second-order valence-corrected chi connectivity index (χ2v) is 12.2. The number of hydrogen-bond donors (Lipinski definition) is 3. The molecule has 3 N–H and O–H groups in total. The second kappa shape index (κ2) is 11.6. The highest BCUT2D eigenvalue weighted by atomic mass is 16.5. The van der Waals surface area contributed by atoms with Crippen LogP contribution in [0.25, 0.3) is 0 Å². The first-order valence-corrected chi connectivity index (χ1v) is 14.9. The summed E-state index contributed by atoms with van der Waals surface area (Å²) in [4.78, 5) is 38.3. The minimum Gasteiger partial charge on any atom is -0.490 e. The van der Waals surface area contributed by atoms with Gasteiger partial charge in [-0.15, -0.1) is 0 Å². The highest BCUT2D eigenvalue weighted by Crippen LogP contribution is 2.35. The Morgan fingerprint density at radius 2 is 1.66 bits per heavy atom. The van der Waals surface area contributed by atoms with E-state index in [-0.39, 0.29) is 41.7 Å². The maximum Gasteiger partial charge on any atom is 0.255 e. The van der Waals surface area contributed by atoms with Crippen molar-refractivity contribution in [2.24, 2.45) is 0 Å². The summed E-state index contributed by atoms with van der Waals surface area (Å²) in [5.41, 5.74) is 4.51. The lowest BCUT2D eigenvalue weighted by atomic mass is 9.78. The Hall–Kier alpha value is -4.92. The van der Waals surface area contributed by atoms with E-state index in [1.807, 2.05) is 54.6 Å². The highest BCUT2D eigenvalue weighted by Gasteiger charge is 2.39. The van der Waals surface area contributed by atoms with Crippen LogP contribution in [0.1, 0.15) is 66.6 Å². The molecule has 0 radical (unpaired) electrons. The number of imide groups is 1. The Kier molecular flexibility index (Phi) is 7.71. The zero-order valence-corrected chi connectivity index (χ0v) is 24.9. The van der Waals surface area contributed by atoms with Crippen LogP contribution in [0.3, 0.4) is 0 Å². The monoisotopic (exact) mass is 592 g/mol. The van der Waals surface area contributed by atoms with Gasteiger partial charge in [0.15, 0.2) is 0 Å². The summed E-state index contributed by atoms with van der Waals surface area (Å²) < 4.78 is 11.7. The Morgan fingerprint density at radius 1 is 1.00 bits per heavy atom. The number of nitrogens with one attached hydrogen (secondary N) is 3. The molecule has 1 atom stereocenters. The number of nitrogens with zero attached hydrogens (tertiary/aromatic N) is 1. The van der Waals surface area contributed by atoms with Crippen molar-refractivity contribution >= 4 is 29.3 Å². The lowest BCUT2D eigenvalue weighted by Crippen LogP contribution is -2.52. The highest BCUT2D eigenvalue weighted by molar-refractivity contribution is 6.05. The van der Waals surface area contributed by atoms with Crippen molar-refractivity contribution in [2.75, 3.05) is 5.32 Å². The first kappa shape index (κ1) is 29.2. The zero-order chi connectivity index (χ0) is 31.0. The van der Waals surface area contributed by atoms with Gasteiger partial charge < -0.3 is 19.7 Å². The van der Waals surface area contributed by atoms with Crippen LogP contribution in [-0.2, 0) is 21.5 Å². The van der Waals surface area contributed by atoms with Gasteiger partial charge in [-0.2, -0.15) is 0 Å². The summed E-state index contributed by atoms with van der Waals surface area (Å²) in [7, 11) is 0. The molecule has 1 saturated heterocycles. The minimum absolute atomic E-state index is 0.0159. The first-order chi connectivity index (χ1) is 21.1. The lowest BCUT2D eigenvalue weighted by molar-refractivity contribution is -0.136. The van der Waals surface area contributed by atoms with Gasteiger partial charge in [0, 0.05) is 48.5 Å². The molecule has 3 aliphatic rings. The van der Waals surface area contributed by atoms with E-state index in [0.717, 1.165) is 41.0 Å². The third-order valence-corrected chi connectivity index (χ3v) is 8.86. The largest absolute Gasteiger partial charge is 0.490 e. The van der Waals surface area contributed by atoms with Gasteiger partial charge in [0.2, 0.25) is 17.7 Å². The number of ether oxygens (including phenoxy) is 2. The summed E-state index contributed by atoms with van der Waals surface area (Å²) in [6.07, 6.45) is 3.81. The molecule has 9 heteroatoms. The molecule has 6 rings (SSSR count). The van der Waals surface area contributed by atoms with Gasteiger partial charge in [0.1, 0.15) is 23.6 Å². The Morgan fingerprint density at radius 3 is 2.30 bits per heavy atom. The van der Waals surface area contributed by atoms with Crippen LogP contribution in [0.5, 0.6) is 11.5 Å². The van der Waals surface area contributed by atoms with Crippen LogP contribution in [0.4, 0.5) is 5.69 Å². The van der Waals surface area contributed by atoms with Crippen molar-refractivity contribution in [2.45, 2.75) is 69.7 Å². The van der Waals surface area contributed by atoms with E-state index < -0.39 is 11.9 Å². The molecule has 1 unspecified atom stereocenters. The van der Waals surface area contributed by atoms with Gasteiger partial charge in [0.05, 0.1) is 0 Å². The topological polar surface area (TPSA) is 121 Å². The predicted octanol–water partition coefficient (Wildman–Crippen LogP) is 5.34. The summed E-state index contributed by atoms with van der Waals surface area (Å²) >= 11 is 0. The molecule has 2 aliphatic heterocycles. The smallest absolute Gasteiger partial charge is 0.255 e. The number of piperidine rings is 1. The predicted molar refractivity (Wildman–Crippen MR) is 167 cm³/mol. The number of anilines is 1. The van der Waals surface area contributed by atoms with Gasteiger partial charge in [-0.1, -0.05) is 44.7 Å². The van der Waals surface area contributed by atoms with Crippen molar-refractivity contribution in [1.82, 2.24) is 10.2 Å². The summed E-state index contributed by atoms with van der Waals surface area (Å²) in [6, 6.07) is 21.4. The Labute approximate surface area is 256 Å². The van der Waals surface area contributed by atoms with Crippen molar-refractivity contribution in [1.29, 1.82) is 5.41 Å². The van der Waals surface area contributed by atoms with Crippen LogP contribution < -0.4 is 20.1 Å². The third-order valence-electron chi connectivity index (χ3n) is 8.86. The zero-order valence-electron chi connectivity index (χ0n) is 24.9. The van der Waals surface area contributed by atoms with E-state index in [1.165, 1.54) is 6.08 Å². The molecule has 1 saturated carbocycles. The Bertz CT molecular complexity index is 1620. The van der Waals surface area contributed by atoms with Crippen molar-refractivity contribution in [3.63, 3.8) is 0 Å². The van der Waals surface area contributed by atoms with E-state index in [4.69, 9.17) is 14.9 Å². The van der Waals surface area contributed by atoms with Crippen LogP contribution in [-0.4, -0.2) is 46.7 Å². The molecule has 44 heavy (non-hydrogen) atoms. The maximum atomic E-state index is 13.0. The summed E-state index contributed by atoms with van der Waals surface area (Å²) in [6.45, 7) is 8.26. The standard InChI is InChI=1S/C35H36N4O5/c1-4-31(36)44-27-12-7-23(8-13-27)35(2,3)22-5-10-26(11-6-22)43-28-18-25(19-28)37-24-9-14-29-21(17-24)20-39(34(29)42)30-15-16-32(40)38-33(30)41/h4-14,17,25,28,30,36-37H,1,15-16,18-20H2,2-3H3,(H,38,40,41). The molecule has 3 amide bonds. The van der Waals surface area contributed by atoms with E-state index in [1.54, 1.807) is 4.90 Å². The number of carbonyl (C=O) groups excluding carboxylic acids is 3. The quantitative estimate of drug-likeness (QED) is 0.175. The number of hydrogen-bond acceptors (Lipinski definition) is 7. The van der Waals surface area contributed by atoms with Gasteiger partial charge in [-0.25, -0.2) is 0 Å². The van der Waals surface area contributed by atoms with E-state index in [2.05, 4.69) is 43.2 Å². The Balaban J connectivity index is 1.00. The fourth-order valence-electron chi connectivity index (χ4n) is 6.10. The van der Waals surface area contributed by atoms with Crippen molar-refractivity contribution < 1.29 is 23.9 Å². The first-order valence-electron chi connectivity index (χ1n) is 14.9. The fraction of sp³-hybridized carbons (Fsp3) is 0.314. The number of amides is 3. The second-order valence-electron chi connectivity index (χ2n) is 12.2. The minimum atomic E-state index is -0.611. The van der Waals surface area contributed by atoms with Crippen LogP contribution >= 0.6 is 0 Å². The molecule has 3 aromatic carbocycles. The van der Waals surface area contributed by atoms with Gasteiger partial charge >= 0.3 is 0 Å². The number of carbonyl (C=O) groups is 3. The van der Waals surface area contributed by atoms with E-state index >= 15 is 0 Å². The van der Waals surface area contributed by atoms with Gasteiger partial charge in [-0.3, -0.25) is 25.1 Å². The number of benzene rings is 3.